The van der Waals surface area contributed by atoms with E-state index < -0.39 is 0 Å². The Morgan fingerprint density at radius 2 is 2.06 bits per heavy atom. The van der Waals surface area contributed by atoms with Crippen molar-refractivity contribution in [3.8, 4) is 0 Å². The molecule has 3 N–H and O–H groups in total. The highest BCUT2D eigenvalue weighted by atomic mass is 16.1. The van der Waals surface area contributed by atoms with Crippen molar-refractivity contribution in [3.05, 3.63) is 35.9 Å². The van der Waals surface area contributed by atoms with Crippen LogP contribution in [0, 0.1) is 5.92 Å². The summed E-state index contributed by atoms with van der Waals surface area (Å²) in [6.07, 6.45) is 4.80. The minimum atomic E-state index is 0.150. The second-order valence-corrected chi connectivity index (χ2v) is 5.15. The van der Waals surface area contributed by atoms with Gasteiger partial charge in [0, 0.05) is 18.5 Å². The molecule has 1 aromatic carbocycles. The number of nitrogens with two attached hydrogens (primary N) is 1. The third kappa shape index (κ3) is 3.84. The molecule has 0 bridgehead atoms. The summed E-state index contributed by atoms with van der Waals surface area (Å²) in [4.78, 5) is 11.8. The fourth-order valence-corrected chi connectivity index (χ4v) is 2.55. The molecule has 2 atom stereocenters. The van der Waals surface area contributed by atoms with Crippen molar-refractivity contribution in [1.82, 2.24) is 5.32 Å². The van der Waals surface area contributed by atoms with Gasteiger partial charge in [-0.3, -0.25) is 4.79 Å². The molecule has 2 unspecified atom stereocenters. The van der Waals surface area contributed by atoms with Crippen LogP contribution in [0.25, 0.3) is 0 Å². The molecule has 0 spiro atoms. The summed E-state index contributed by atoms with van der Waals surface area (Å²) in [5, 5.41) is 3.02. The van der Waals surface area contributed by atoms with Gasteiger partial charge in [0.2, 0.25) is 5.91 Å². The van der Waals surface area contributed by atoms with Gasteiger partial charge >= 0.3 is 0 Å². The van der Waals surface area contributed by atoms with Gasteiger partial charge in [-0.05, 0) is 37.7 Å². The molecule has 1 saturated carbocycles. The Morgan fingerprint density at radius 3 is 2.72 bits per heavy atom. The largest absolute Gasteiger partial charge is 0.356 e. The molecule has 3 nitrogen and oxygen atoms in total. The second-order valence-electron chi connectivity index (χ2n) is 5.15. The first-order valence-electron chi connectivity index (χ1n) is 6.83. The third-order valence-corrected chi connectivity index (χ3v) is 3.63. The molecule has 98 valence electrons. The molecule has 0 radical (unpaired) electrons. The van der Waals surface area contributed by atoms with Gasteiger partial charge in [0.1, 0.15) is 0 Å². The quantitative estimate of drug-likeness (QED) is 0.779. The van der Waals surface area contributed by atoms with Gasteiger partial charge < -0.3 is 11.1 Å². The molecule has 1 fully saturated rings. The molecule has 3 heteroatoms. The van der Waals surface area contributed by atoms with Gasteiger partial charge in [0.05, 0.1) is 0 Å². The maximum atomic E-state index is 11.8. The van der Waals surface area contributed by atoms with Crippen LogP contribution in [0.15, 0.2) is 30.3 Å². The second kappa shape index (κ2) is 6.55. The third-order valence-electron chi connectivity index (χ3n) is 3.63. The van der Waals surface area contributed by atoms with Crippen LogP contribution in [0.1, 0.15) is 31.2 Å². The molecule has 0 heterocycles. The van der Waals surface area contributed by atoms with Gasteiger partial charge in [-0.2, -0.15) is 0 Å². The number of hydrogen-bond donors (Lipinski definition) is 2. The lowest BCUT2D eigenvalue weighted by Gasteiger charge is -2.10. The van der Waals surface area contributed by atoms with Crippen molar-refractivity contribution in [2.45, 2.75) is 38.1 Å². The smallest absolute Gasteiger partial charge is 0.223 e. The standard InChI is InChI=1S/C15H22N2O/c16-14-9-8-13(11-14)15(18)17-10-4-7-12-5-2-1-3-6-12/h1-3,5-6,13-14H,4,7-11,16H2,(H,17,18). The molecule has 1 amide bonds. The number of aryl methyl sites for hydroxylation is 1. The minimum absolute atomic E-state index is 0.150. The van der Waals surface area contributed by atoms with Gasteiger partial charge in [0.25, 0.3) is 0 Å². The van der Waals surface area contributed by atoms with E-state index in [1.807, 2.05) is 18.2 Å². The summed E-state index contributed by atoms with van der Waals surface area (Å²) in [5.41, 5.74) is 7.14. The molecular formula is C15H22N2O. The number of rotatable bonds is 5. The first kappa shape index (κ1) is 13.1. The lowest BCUT2D eigenvalue weighted by Crippen LogP contribution is -2.31. The van der Waals surface area contributed by atoms with Gasteiger partial charge in [0.15, 0.2) is 0 Å². The number of carbonyl (C=O) groups excluding carboxylic acids is 1. The highest BCUT2D eigenvalue weighted by molar-refractivity contribution is 5.78. The normalized spacial score (nSPS) is 22.9. The molecule has 18 heavy (non-hydrogen) atoms. The predicted molar refractivity (Wildman–Crippen MR) is 73.1 cm³/mol. The Morgan fingerprint density at radius 1 is 1.28 bits per heavy atom. The Labute approximate surface area is 109 Å². The molecule has 0 saturated heterocycles. The SMILES string of the molecule is NC1CCC(C(=O)NCCCc2ccccc2)C1. The van der Waals surface area contributed by atoms with Crippen LogP contribution in [0.5, 0.6) is 0 Å². The Balaban J connectivity index is 1.62. The molecule has 1 aliphatic carbocycles. The van der Waals surface area contributed by atoms with Gasteiger partial charge in [-0.1, -0.05) is 30.3 Å². The van der Waals surface area contributed by atoms with E-state index in [-0.39, 0.29) is 17.9 Å². The van der Waals surface area contributed by atoms with Crippen molar-refractivity contribution in [1.29, 1.82) is 0 Å². The van der Waals surface area contributed by atoms with E-state index in [2.05, 4.69) is 17.4 Å². The van der Waals surface area contributed by atoms with E-state index in [1.165, 1.54) is 5.56 Å². The zero-order valence-corrected chi connectivity index (χ0v) is 10.8. The van der Waals surface area contributed by atoms with Gasteiger partial charge in [-0.15, -0.1) is 0 Å². The van der Waals surface area contributed by atoms with Crippen LogP contribution in [-0.2, 0) is 11.2 Å². The molecule has 1 aromatic rings. The van der Waals surface area contributed by atoms with Crippen LogP contribution < -0.4 is 11.1 Å². The van der Waals surface area contributed by atoms with Crippen LogP contribution in [0.2, 0.25) is 0 Å². The van der Waals surface area contributed by atoms with Crippen molar-refractivity contribution < 1.29 is 4.79 Å². The zero-order valence-electron chi connectivity index (χ0n) is 10.8. The van der Waals surface area contributed by atoms with E-state index in [0.717, 1.165) is 38.6 Å². The number of carbonyl (C=O) groups is 1. The number of benzene rings is 1. The Kier molecular flexibility index (Phi) is 4.76. The van der Waals surface area contributed by atoms with Crippen LogP contribution in [0.3, 0.4) is 0 Å². The van der Waals surface area contributed by atoms with Crippen molar-refractivity contribution in [2.24, 2.45) is 11.7 Å². The molecule has 0 aliphatic heterocycles. The first-order chi connectivity index (χ1) is 8.75. The van der Waals surface area contributed by atoms with Crippen molar-refractivity contribution in [2.75, 3.05) is 6.54 Å². The molecule has 2 rings (SSSR count). The summed E-state index contributed by atoms with van der Waals surface area (Å²) < 4.78 is 0. The Bertz CT molecular complexity index is 377. The summed E-state index contributed by atoms with van der Waals surface area (Å²) in [6.45, 7) is 0.763. The van der Waals surface area contributed by atoms with Crippen LogP contribution >= 0.6 is 0 Å². The minimum Gasteiger partial charge on any atom is -0.356 e. The van der Waals surface area contributed by atoms with Gasteiger partial charge in [-0.25, -0.2) is 0 Å². The fourth-order valence-electron chi connectivity index (χ4n) is 2.55. The van der Waals surface area contributed by atoms with Crippen LogP contribution in [0.4, 0.5) is 0 Å². The first-order valence-corrected chi connectivity index (χ1v) is 6.83. The average molecular weight is 246 g/mol. The lowest BCUT2D eigenvalue weighted by molar-refractivity contribution is -0.124. The number of nitrogens with one attached hydrogen (secondary N) is 1. The van der Waals surface area contributed by atoms with Crippen molar-refractivity contribution in [3.63, 3.8) is 0 Å². The number of hydrogen-bond acceptors (Lipinski definition) is 2. The maximum absolute atomic E-state index is 11.8. The topological polar surface area (TPSA) is 55.1 Å². The highest BCUT2D eigenvalue weighted by Crippen LogP contribution is 2.23. The van der Waals surface area contributed by atoms with E-state index in [4.69, 9.17) is 5.73 Å². The summed E-state index contributed by atoms with van der Waals surface area (Å²) in [5.74, 6) is 0.340. The predicted octanol–water partition coefficient (Wildman–Crippen LogP) is 1.86. The van der Waals surface area contributed by atoms with E-state index in [9.17, 15) is 4.79 Å². The molecule has 1 aliphatic rings. The zero-order chi connectivity index (χ0) is 12.8. The summed E-state index contributed by atoms with van der Waals surface area (Å²) in [6, 6.07) is 10.6. The average Bonchev–Trinajstić information content (AvgIpc) is 2.82. The highest BCUT2D eigenvalue weighted by Gasteiger charge is 2.27. The molecular weight excluding hydrogens is 224 g/mol. The fraction of sp³-hybridized carbons (Fsp3) is 0.533. The lowest BCUT2D eigenvalue weighted by atomic mass is 10.1. The van der Waals surface area contributed by atoms with E-state index in [0.29, 0.717) is 0 Å². The Hall–Kier alpha value is -1.35. The molecule has 0 aromatic heterocycles. The van der Waals surface area contributed by atoms with Crippen LogP contribution in [-0.4, -0.2) is 18.5 Å². The number of amides is 1. The monoisotopic (exact) mass is 246 g/mol. The van der Waals surface area contributed by atoms with Crippen molar-refractivity contribution >= 4 is 5.91 Å². The summed E-state index contributed by atoms with van der Waals surface area (Å²) in [7, 11) is 0. The van der Waals surface area contributed by atoms with E-state index in [1.54, 1.807) is 0 Å². The maximum Gasteiger partial charge on any atom is 0.223 e. The van der Waals surface area contributed by atoms with E-state index >= 15 is 0 Å². The summed E-state index contributed by atoms with van der Waals surface area (Å²) >= 11 is 0.